The molecule has 1 aromatic rings. The highest BCUT2D eigenvalue weighted by Gasteiger charge is 2.10. The number of anilines is 1. The first-order valence-corrected chi connectivity index (χ1v) is 7.14. The van der Waals surface area contributed by atoms with E-state index in [0.29, 0.717) is 5.69 Å². The third-order valence-electron chi connectivity index (χ3n) is 1.91. The minimum atomic E-state index is -3.01. The normalized spacial score (nSPS) is 13.4. The molecule has 1 aromatic carbocycles. The Morgan fingerprint density at radius 3 is 2.62 bits per heavy atom. The van der Waals surface area contributed by atoms with E-state index in [-0.39, 0.29) is 22.6 Å². The third-order valence-corrected chi connectivity index (χ3v) is 3.32. The van der Waals surface area contributed by atoms with Crippen LogP contribution in [0.25, 0.3) is 0 Å². The van der Waals surface area contributed by atoms with Crippen LogP contribution in [0, 0.1) is 0 Å². The van der Waals surface area contributed by atoms with Crippen molar-refractivity contribution in [3.63, 3.8) is 0 Å². The Kier molecular flexibility index (Phi) is 4.04. The van der Waals surface area contributed by atoms with E-state index < -0.39 is 9.84 Å². The number of hydrogen-bond donors (Lipinski definition) is 2. The van der Waals surface area contributed by atoms with Crippen molar-refractivity contribution in [2.75, 3.05) is 17.3 Å². The number of hydrogen-bond acceptors (Lipinski definition) is 4. The molecule has 0 aliphatic heterocycles. The molecule has 1 rings (SSSR count). The number of aromatic hydroxyl groups is 1. The first-order chi connectivity index (χ1) is 7.28. The number of phenols is 1. The standard InChI is InChI=1S/C10H14ClNO3S/c1-7(6-16(2,14)15)12-8-3-4-10(13)9(11)5-8/h3-5,7,12-13H,6H2,1-2H3. The van der Waals surface area contributed by atoms with Gasteiger partial charge in [0.25, 0.3) is 0 Å². The van der Waals surface area contributed by atoms with E-state index in [1.807, 2.05) is 0 Å². The minimum Gasteiger partial charge on any atom is -0.506 e. The zero-order valence-electron chi connectivity index (χ0n) is 9.07. The van der Waals surface area contributed by atoms with Gasteiger partial charge in [0.15, 0.2) is 0 Å². The largest absolute Gasteiger partial charge is 0.506 e. The zero-order chi connectivity index (χ0) is 12.3. The number of halogens is 1. The van der Waals surface area contributed by atoms with Crippen LogP contribution in [-0.2, 0) is 9.84 Å². The summed E-state index contributed by atoms with van der Waals surface area (Å²) in [6.45, 7) is 1.77. The van der Waals surface area contributed by atoms with E-state index >= 15 is 0 Å². The smallest absolute Gasteiger partial charge is 0.149 e. The van der Waals surface area contributed by atoms with Crippen molar-refractivity contribution in [2.45, 2.75) is 13.0 Å². The molecule has 0 fully saturated rings. The maximum absolute atomic E-state index is 11.0. The van der Waals surface area contributed by atoms with Gasteiger partial charge in [0.1, 0.15) is 15.6 Å². The molecule has 90 valence electrons. The van der Waals surface area contributed by atoms with E-state index in [4.69, 9.17) is 11.6 Å². The SMILES string of the molecule is CC(CS(C)(=O)=O)Nc1ccc(O)c(Cl)c1. The average molecular weight is 264 g/mol. The maximum Gasteiger partial charge on any atom is 0.149 e. The predicted molar refractivity (Wildman–Crippen MR) is 65.9 cm³/mol. The summed E-state index contributed by atoms with van der Waals surface area (Å²) in [5.74, 6) is 0.0499. The highest BCUT2D eigenvalue weighted by atomic mass is 35.5. The van der Waals surface area contributed by atoms with Crippen LogP contribution in [-0.4, -0.2) is 31.6 Å². The lowest BCUT2D eigenvalue weighted by Crippen LogP contribution is -2.24. The number of nitrogens with one attached hydrogen (secondary N) is 1. The lowest BCUT2D eigenvalue weighted by atomic mass is 10.2. The lowest BCUT2D eigenvalue weighted by Gasteiger charge is -2.14. The van der Waals surface area contributed by atoms with Gasteiger partial charge >= 0.3 is 0 Å². The minimum absolute atomic E-state index is 0.00276. The van der Waals surface area contributed by atoms with Crippen molar-refractivity contribution in [3.8, 4) is 5.75 Å². The van der Waals surface area contributed by atoms with Crippen molar-refractivity contribution in [3.05, 3.63) is 23.2 Å². The van der Waals surface area contributed by atoms with Gasteiger partial charge in [0.05, 0.1) is 10.8 Å². The quantitative estimate of drug-likeness (QED) is 0.814. The maximum atomic E-state index is 11.0. The summed E-state index contributed by atoms with van der Waals surface area (Å²) in [7, 11) is -3.01. The molecule has 0 aromatic heterocycles. The molecule has 2 N–H and O–H groups in total. The van der Waals surface area contributed by atoms with Gasteiger partial charge < -0.3 is 10.4 Å². The van der Waals surface area contributed by atoms with Crippen LogP contribution in [0.3, 0.4) is 0 Å². The molecule has 0 amide bonds. The molecule has 6 heteroatoms. The molecule has 16 heavy (non-hydrogen) atoms. The Balaban J connectivity index is 2.70. The average Bonchev–Trinajstić information content (AvgIpc) is 2.08. The molecule has 0 radical (unpaired) electrons. The van der Waals surface area contributed by atoms with E-state index in [2.05, 4.69) is 5.32 Å². The second kappa shape index (κ2) is 4.93. The van der Waals surface area contributed by atoms with Gasteiger partial charge in [0.2, 0.25) is 0 Å². The fourth-order valence-electron chi connectivity index (χ4n) is 1.38. The summed E-state index contributed by atoms with van der Waals surface area (Å²) in [4.78, 5) is 0. The van der Waals surface area contributed by atoms with Gasteiger partial charge in [-0.25, -0.2) is 8.42 Å². The summed E-state index contributed by atoms with van der Waals surface area (Å²) in [6.07, 6.45) is 1.19. The van der Waals surface area contributed by atoms with Gasteiger partial charge in [-0.2, -0.15) is 0 Å². The van der Waals surface area contributed by atoms with Crippen molar-refractivity contribution >= 4 is 27.1 Å². The van der Waals surface area contributed by atoms with Gasteiger partial charge in [-0.3, -0.25) is 0 Å². The van der Waals surface area contributed by atoms with Gasteiger partial charge in [-0.1, -0.05) is 11.6 Å². The molecular weight excluding hydrogens is 250 g/mol. The van der Waals surface area contributed by atoms with Crippen LogP contribution < -0.4 is 5.32 Å². The second-order valence-electron chi connectivity index (χ2n) is 3.80. The fourth-order valence-corrected chi connectivity index (χ4v) is 2.55. The topological polar surface area (TPSA) is 66.4 Å². The third kappa shape index (κ3) is 4.28. The highest BCUT2D eigenvalue weighted by molar-refractivity contribution is 7.90. The summed E-state index contributed by atoms with van der Waals surface area (Å²) in [5, 5.41) is 12.4. The molecule has 0 aliphatic rings. The van der Waals surface area contributed by atoms with Crippen LogP contribution >= 0.6 is 11.6 Å². The molecule has 1 atom stereocenters. The van der Waals surface area contributed by atoms with E-state index in [1.165, 1.54) is 12.3 Å². The Morgan fingerprint density at radius 2 is 2.12 bits per heavy atom. The van der Waals surface area contributed by atoms with E-state index in [0.717, 1.165) is 0 Å². The summed E-state index contributed by atoms with van der Waals surface area (Å²) >= 11 is 5.72. The molecule has 0 spiro atoms. The van der Waals surface area contributed by atoms with E-state index in [1.54, 1.807) is 19.1 Å². The van der Waals surface area contributed by atoms with Crippen LogP contribution in [0.5, 0.6) is 5.75 Å². The summed E-state index contributed by atoms with van der Waals surface area (Å²) < 4.78 is 22.1. The van der Waals surface area contributed by atoms with Gasteiger partial charge in [-0.15, -0.1) is 0 Å². The van der Waals surface area contributed by atoms with Crippen LogP contribution in [0.15, 0.2) is 18.2 Å². The molecule has 0 heterocycles. The van der Waals surface area contributed by atoms with Crippen molar-refractivity contribution < 1.29 is 13.5 Å². The predicted octanol–water partition coefficient (Wildman–Crippen LogP) is 1.89. The fraction of sp³-hybridized carbons (Fsp3) is 0.400. The Bertz CT molecular complexity index is 473. The molecule has 0 bridgehead atoms. The molecule has 1 unspecified atom stereocenters. The Hall–Kier alpha value is -0.940. The number of sulfone groups is 1. The molecular formula is C10H14ClNO3S. The zero-order valence-corrected chi connectivity index (χ0v) is 10.6. The number of rotatable bonds is 4. The monoisotopic (exact) mass is 263 g/mol. The molecule has 0 saturated carbocycles. The number of phenolic OH excluding ortho intramolecular Hbond substituents is 1. The van der Waals surface area contributed by atoms with Crippen LogP contribution in [0.4, 0.5) is 5.69 Å². The Labute approximate surface area is 100 Å². The summed E-state index contributed by atoms with van der Waals surface area (Å²) in [6, 6.07) is 4.43. The van der Waals surface area contributed by atoms with Crippen molar-refractivity contribution in [1.29, 1.82) is 0 Å². The first-order valence-electron chi connectivity index (χ1n) is 4.71. The van der Waals surface area contributed by atoms with Crippen LogP contribution in [0.2, 0.25) is 5.02 Å². The summed E-state index contributed by atoms with van der Waals surface area (Å²) in [5.41, 5.74) is 0.680. The Morgan fingerprint density at radius 1 is 1.50 bits per heavy atom. The van der Waals surface area contributed by atoms with Crippen molar-refractivity contribution in [1.82, 2.24) is 0 Å². The van der Waals surface area contributed by atoms with Crippen LogP contribution in [0.1, 0.15) is 6.92 Å². The van der Waals surface area contributed by atoms with Crippen molar-refractivity contribution in [2.24, 2.45) is 0 Å². The molecule has 0 aliphatic carbocycles. The lowest BCUT2D eigenvalue weighted by molar-refractivity contribution is 0.475. The van der Waals surface area contributed by atoms with Gasteiger partial charge in [0, 0.05) is 18.0 Å². The highest BCUT2D eigenvalue weighted by Crippen LogP contribution is 2.26. The number of benzene rings is 1. The molecule has 4 nitrogen and oxygen atoms in total. The molecule has 0 saturated heterocycles. The second-order valence-corrected chi connectivity index (χ2v) is 6.40. The van der Waals surface area contributed by atoms with Gasteiger partial charge in [-0.05, 0) is 25.1 Å². The first kappa shape index (κ1) is 13.1. The van der Waals surface area contributed by atoms with E-state index in [9.17, 15) is 13.5 Å².